The third-order valence-corrected chi connectivity index (χ3v) is 4.68. The lowest BCUT2D eigenvalue weighted by Crippen LogP contribution is -2.23. The SMILES string of the molecule is CC1CCc2cccc3c(=O)c(-c4ccccc4)c(N)n1c23. The summed E-state index contributed by atoms with van der Waals surface area (Å²) in [6.07, 6.45) is 2.05. The molecule has 3 aromatic rings. The first-order valence-electron chi connectivity index (χ1n) is 7.69. The molecule has 0 radical (unpaired) electrons. The van der Waals surface area contributed by atoms with Gasteiger partial charge in [-0.15, -0.1) is 0 Å². The smallest absolute Gasteiger partial charge is 0.199 e. The van der Waals surface area contributed by atoms with Crippen LogP contribution in [0.4, 0.5) is 5.82 Å². The lowest BCUT2D eigenvalue weighted by atomic mass is 9.94. The van der Waals surface area contributed by atoms with Gasteiger partial charge in [-0.2, -0.15) is 0 Å². The summed E-state index contributed by atoms with van der Waals surface area (Å²) in [7, 11) is 0. The molecule has 1 aliphatic heterocycles. The van der Waals surface area contributed by atoms with Crippen LogP contribution < -0.4 is 11.2 Å². The van der Waals surface area contributed by atoms with E-state index in [0.29, 0.717) is 17.4 Å². The molecular formula is C19H18N2O. The number of nitrogen functional groups attached to an aromatic ring is 1. The highest BCUT2D eigenvalue weighted by atomic mass is 16.1. The zero-order valence-corrected chi connectivity index (χ0v) is 12.5. The zero-order valence-electron chi connectivity index (χ0n) is 12.5. The molecule has 0 amide bonds. The second kappa shape index (κ2) is 4.73. The van der Waals surface area contributed by atoms with Crippen LogP contribution in [0.1, 0.15) is 24.9 Å². The van der Waals surface area contributed by atoms with Crippen LogP contribution in [0.3, 0.4) is 0 Å². The van der Waals surface area contributed by atoms with Crippen LogP contribution in [0.15, 0.2) is 53.3 Å². The summed E-state index contributed by atoms with van der Waals surface area (Å²) < 4.78 is 2.15. The van der Waals surface area contributed by atoms with E-state index in [1.807, 2.05) is 42.5 Å². The fraction of sp³-hybridized carbons (Fsp3) is 0.211. The predicted octanol–water partition coefficient (Wildman–Crippen LogP) is 3.76. The molecule has 2 N–H and O–H groups in total. The molecule has 1 unspecified atom stereocenters. The van der Waals surface area contributed by atoms with Crippen LogP contribution in [-0.2, 0) is 6.42 Å². The van der Waals surface area contributed by atoms with Gasteiger partial charge in [-0.05, 0) is 37.0 Å². The van der Waals surface area contributed by atoms with E-state index in [0.717, 1.165) is 29.3 Å². The number of aromatic nitrogens is 1. The average molecular weight is 290 g/mol. The summed E-state index contributed by atoms with van der Waals surface area (Å²) in [4.78, 5) is 13.0. The summed E-state index contributed by atoms with van der Waals surface area (Å²) in [5.41, 5.74) is 10.2. The number of hydrogen-bond donors (Lipinski definition) is 1. The second-order valence-corrected chi connectivity index (χ2v) is 6.03. The Kier molecular flexibility index (Phi) is 2.83. The highest BCUT2D eigenvalue weighted by Crippen LogP contribution is 2.35. The van der Waals surface area contributed by atoms with Crippen molar-refractivity contribution in [2.24, 2.45) is 0 Å². The van der Waals surface area contributed by atoms with Gasteiger partial charge in [0.1, 0.15) is 5.82 Å². The molecule has 3 heteroatoms. The monoisotopic (exact) mass is 290 g/mol. The van der Waals surface area contributed by atoms with Crippen molar-refractivity contribution >= 4 is 16.7 Å². The van der Waals surface area contributed by atoms with Crippen molar-refractivity contribution in [3.8, 4) is 11.1 Å². The van der Waals surface area contributed by atoms with Gasteiger partial charge in [0, 0.05) is 11.4 Å². The second-order valence-electron chi connectivity index (χ2n) is 6.03. The van der Waals surface area contributed by atoms with Crippen molar-refractivity contribution in [3.05, 3.63) is 64.3 Å². The Morgan fingerprint density at radius 2 is 1.86 bits per heavy atom. The van der Waals surface area contributed by atoms with Crippen LogP contribution in [0.2, 0.25) is 0 Å². The Bertz CT molecular complexity index is 926. The van der Waals surface area contributed by atoms with Gasteiger partial charge in [-0.1, -0.05) is 42.5 Å². The van der Waals surface area contributed by atoms with E-state index >= 15 is 0 Å². The first-order valence-corrected chi connectivity index (χ1v) is 7.69. The molecule has 0 fully saturated rings. The molecule has 4 rings (SSSR count). The predicted molar refractivity (Wildman–Crippen MR) is 91.1 cm³/mol. The average Bonchev–Trinajstić information content (AvgIpc) is 2.54. The van der Waals surface area contributed by atoms with E-state index in [9.17, 15) is 4.79 Å². The number of nitrogens with zero attached hydrogens (tertiary/aromatic N) is 1. The maximum atomic E-state index is 13.0. The topological polar surface area (TPSA) is 48.0 Å². The molecule has 0 saturated carbocycles. The highest BCUT2D eigenvalue weighted by molar-refractivity contribution is 5.91. The lowest BCUT2D eigenvalue weighted by Gasteiger charge is -2.29. The molecule has 0 spiro atoms. The van der Waals surface area contributed by atoms with E-state index in [-0.39, 0.29) is 5.43 Å². The number of benzene rings is 2. The number of rotatable bonds is 1. The van der Waals surface area contributed by atoms with Gasteiger partial charge in [-0.3, -0.25) is 4.79 Å². The summed E-state index contributed by atoms with van der Waals surface area (Å²) in [5.74, 6) is 0.586. The quantitative estimate of drug-likeness (QED) is 0.742. The first kappa shape index (κ1) is 13.1. The molecule has 3 nitrogen and oxygen atoms in total. The molecule has 2 heterocycles. The summed E-state index contributed by atoms with van der Waals surface area (Å²) in [6.45, 7) is 2.17. The number of anilines is 1. The maximum absolute atomic E-state index is 13.0. The minimum absolute atomic E-state index is 0.0332. The Morgan fingerprint density at radius 1 is 1.09 bits per heavy atom. The Hall–Kier alpha value is -2.55. The number of pyridine rings is 1. The first-order chi connectivity index (χ1) is 10.7. The van der Waals surface area contributed by atoms with Gasteiger partial charge >= 0.3 is 0 Å². The fourth-order valence-electron chi connectivity index (χ4n) is 3.59. The number of nitrogens with two attached hydrogens (primary N) is 1. The molecule has 1 atom stereocenters. The van der Waals surface area contributed by atoms with E-state index < -0.39 is 0 Å². The highest BCUT2D eigenvalue weighted by Gasteiger charge is 2.24. The molecule has 110 valence electrons. The van der Waals surface area contributed by atoms with Crippen molar-refractivity contribution in [1.29, 1.82) is 0 Å². The molecule has 1 aromatic heterocycles. The van der Waals surface area contributed by atoms with Crippen molar-refractivity contribution in [2.75, 3.05) is 5.73 Å². The van der Waals surface area contributed by atoms with Crippen molar-refractivity contribution in [3.63, 3.8) is 0 Å². The van der Waals surface area contributed by atoms with Crippen LogP contribution in [0.5, 0.6) is 0 Å². The standard InChI is InChI=1S/C19H18N2O/c1-12-10-11-14-8-5-9-15-17(14)21(12)19(20)16(18(15)22)13-6-3-2-4-7-13/h2-9,12H,10-11,20H2,1H3. The van der Waals surface area contributed by atoms with Gasteiger partial charge in [0.2, 0.25) is 0 Å². The minimum Gasteiger partial charge on any atom is -0.384 e. The van der Waals surface area contributed by atoms with E-state index in [1.165, 1.54) is 5.56 Å². The third-order valence-electron chi connectivity index (χ3n) is 4.68. The molecule has 0 bridgehead atoms. The Balaban J connectivity index is 2.20. The van der Waals surface area contributed by atoms with Gasteiger partial charge in [0.15, 0.2) is 5.43 Å². The third kappa shape index (κ3) is 1.72. The zero-order chi connectivity index (χ0) is 15.3. The van der Waals surface area contributed by atoms with E-state index in [1.54, 1.807) is 0 Å². The molecule has 0 aliphatic carbocycles. The summed E-state index contributed by atoms with van der Waals surface area (Å²) in [6, 6.07) is 16.0. The van der Waals surface area contributed by atoms with E-state index in [4.69, 9.17) is 5.73 Å². The van der Waals surface area contributed by atoms with Crippen LogP contribution in [-0.4, -0.2) is 4.57 Å². The minimum atomic E-state index is 0.0332. The molecule has 2 aromatic carbocycles. The molecule has 1 aliphatic rings. The van der Waals surface area contributed by atoms with Crippen molar-refractivity contribution in [1.82, 2.24) is 4.57 Å². The molecule has 22 heavy (non-hydrogen) atoms. The summed E-state index contributed by atoms with van der Waals surface area (Å²) in [5, 5.41) is 0.775. The largest absolute Gasteiger partial charge is 0.384 e. The number of para-hydroxylation sites is 1. The van der Waals surface area contributed by atoms with Crippen LogP contribution in [0.25, 0.3) is 22.0 Å². The maximum Gasteiger partial charge on any atom is 0.199 e. The van der Waals surface area contributed by atoms with Gasteiger partial charge in [0.25, 0.3) is 0 Å². The van der Waals surface area contributed by atoms with Gasteiger partial charge in [0.05, 0.1) is 11.1 Å². The summed E-state index contributed by atoms with van der Waals surface area (Å²) >= 11 is 0. The van der Waals surface area contributed by atoms with Crippen molar-refractivity contribution < 1.29 is 0 Å². The molecule has 0 saturated heterocycles. The number of hydrogen-bond acceptors (Lipinski definition) is 2. The van der Waals surface area contributed by atoms with Gasteiger partial charge < -0.3 is 10.3 Å². The fourth-order valence-corrected chi connectivity index (χ4v) is 3.59. The molecular weight excluding hydrogens is 272 g/mol. The van der Waals surface area contributed by atoms with Crippen LogP contribution in [0, 0.1) is 0 Å². The van der Waals surface area contributed by atoms with E-state index in [2.05, 4.69) is 17.6 Å². The Morgan fingerprint density at radius 3 is 2.64 bits per heavy atom. The number of aryl methyl sites for hydroxylation is 1. The van der Waals surface area contributed by atoms with Gasteiger partial charge in [-0.25, -0.2) is 0 Å². The lowest BCUT2D eigenvalue weighted by molar-refractivity contribution is 0.506. The Labute approximate surface area is 129 Å². The van der Waals surface area contributed by atoms with Crippen molar-refractivity contribution in [2.45, 2.75) is 25.8 Å². The van der Waals surface area contributed by atoms with Crippen LogP contribution >= 0.6 is 0 Å². The normalized spacial score (nSPS) is 16.9.